The zero-order valence-electron chi connectivity index (χ0n) is 7.72. The summed E-state index contributed by atoms with van der Waals surface area (Å²) < 4.78 is 37.9. The van der Waals surface area contributed by atoms with Crippen LogP contribution in [-0.2, 0) is 0 Å². The van der Waals surface area contributed by atoms with Crippen molar-refractivity contribution in [2.24, 2.45) is 0 Å². The molecule has 1 aromatic rings. The summed E-state index contributed by atoms with van der Waals surface area (Å²) in [7, 11) is 0. The van der Waals surface area contributed by atoms with Crippen molar-refractivity contribution in [3.8, 4) is 6.07 Å². The third kappa shape index (κ3) is 2.15. The molecule has 0 N–H and O–H groups in total. The predicted octanol–water partition coefficient (Wildman–Crippen LogP) is 2.84. The fourth-order valence-corrected chi connectivity index (χ4v) is 1.14. The number of Topliss-reactive ketones (excluding diaryl/α,β-unsaturated/α-hetero) is 1. The number of rotatable bonds is 2. The van der Waals surface area contributed by atoms with Crippen LogP contribution in [0.5, 0.6) is 0 Å². The molecule has 0 atom stereocenters. The van der Waals surface area contributed by atoms with Crippen LogP contribution in [0.4, 0.5) is 13.2 Å². The van der Waals surface area contributed by atoms with E-state index in [4.69, 9.17) is 5.26 Å². The third-order valence-corrected chi connectivity index (χ3v) is 1.87. The lowest BCUT2D eigenvalue weighted by atomic mass is 10.0. The molecule has 0 aliphatic heterocycles. The zero-order chi connectivity index (χ0) is 11.6. The van der Waals surface area contributed by atoms with E-state index in [9.17, 15) is 18.0 Å². The fraction of sp³-hybridized carbons (Fsp3) is 0.200. The van der Waals surface area contributed by atoms with Crippen molar-refractivity contribution in [1.82, 2.24) is 0 Å². The van der Waals surface area contributed by atoms with Gasteiger partial charge in [0.05, 0.1) is 17.2 Å². The van der Waals surface area contributed by atoms with E-state index < -0.39 is 34.7 Å². The quantitative estimate of drug-likeness (QED) is 0.708. The second-order valence-electron chi connectivity index (χ2n) is 2.89. The maximum absolute atomic E-state index is 13.1. The van der Waals surface area contributed by atoms with E-state index in [0.29, 0.717) is 6.07 Å². The molecule has 0 unspecified atom stereocenters. The van der Waals surface area contributed by atoms with Crippen LogP contribution in [0.1, 0.15) is 34.8 Å². The average molecular weight is 213 g/mol. The molecule has 0 radical (unpaired) electrons. The number of carbonyl (C=O) groups excluding carboxylic acids is 1. The van der Waals surface area contributed by atoms with Crippen LogP contribution in [0.15, 0.2) is 12.1 Å². The first-order valence-corrected chi connectivity index (χ1v) is 4.00. The van der Waals surface area contributed by atoms with Gasteiger partial charge in [0.25, 0.3) is 6.43 Å². The molecule has 0 saturated carbocycles. The van der Waals surface area contributed by atoms with Gasteiger partial charge in [-0.3, -0.25) is 4.79 Å². The lowest BCUT2D eigenvalue weighted by molar-refractivity contribution is 0.101. The van der Waals surface area contributed by atoms with E-state index in [1.165, 1.54) is 6.07 Å². The van der Waals surface area contributed by atoms with E-state index >= 15 is 0 Å². The smallest absolute Gasteiger partial charge is 0.265 e. The summed E-state index contributed by atoms with van der Waals surface area (Å²) in [6.45, 7) is 1.07. The van der Waals surface area contributed by atoms with Gasteiger partial charge >= 0.3 is 0 Å². The monoisotopic (exact) mass is 213 g/mol. The molecule has 0 bridgehead atoms. The molecule has 0 spiro atoms. The van der Waals surface area contributed by atoms with Crippen LogP contribution in [0.2, 0.25) is 0 Å². The Balaban J connectivity index is 3.45. The molecule has 0 amide bonds. The Bertz CT molecular complexity index is 449. The molecule has 0 aromatic heterocycles. The second-order valence-corrected chi connectivity index (χ2v) is 2.89. The minimum Gasteiger partial charge on any atom is -0.294 e. The Hall–Kier alpha value is -1.83. The molecule has 0 aliphatic carbocycles. The van der Waals surface area contributed by atoms with Crippen LogP contribution in [0, 0.1) is 17.1 Å². The van der Waals surface area contributed by atoms with Crippen molar-refractivity contribution in [1.29, 1.82) is 5.26 Å². The number of halogens is 3. The summed E-state index contributed by atoms with van der Waals surface area (Å²) in [6.07, 6.45) is -2.90. The Morgan fingerprint density at radius 1 is 1.47 bits per heavy atom. The second kappa shape index (κ2) is 4.13. The highest BCUT2D eigenvalue weighted by molar-refractivity contribution is 5.94. The highest BCUT2D eigenvalue weighted by Crippen LogP contribution is 2.25. The van der Waals surface area contributed by atoms with E-state index in [2.05, 4.69) is 0 Å². The Kier molecular flexibility index (Phi) is 3.10. The van der Waals surface area contributed by atoms with Crippen LogP contribution in [0.3, 0.4) is 0 Å². The lowest BCUT2D eigenvalue weighted by Crippen LogP contribution is -2.02. The average Bonchev–Trinajstić information content (AvgIpc) is 2.16. The van der Waals surface area contributed by atoms with Crippen LogP contribution < -0.4 is 0 Å². The number of hydrogen-bond donors (Lipinski definition) is 0. The molecule has 0 heterocycles. The fourth-order valence-electron chi connectivity index (χ4n) is 1.14. The van der Waals surface area contributed by atoms with Gasteiger partial charge < -0.3 is 0 Å². The van der Waals surface area contributed by atoms with E-state index in [1.54, 1.807) is 0 Å². The van der Waals surface area contributed by atoms with Gasteiger partial charge in [-0.05, 0) is 19.1 Å². The van der Waals surface area contributed by atoms with Gasteiger partial charge in [-0.1, -0.05) is 0 Å². The van der Waals surface area contributed by atoms with Gasteiger partial charge in [0.15, 0.2) is 5.78 Å². The minimum atomic E-state index is -2.90. The zero-order valence-corrected chi connectivity index (χ0v) is 7.72. The number of alkyl halides is 2. The first kappa shape index (κ1) is 11.2. The van der Waals surface area contributed by atoms with E-state index in [-0.39, 0.29) is 0 Å². The Morgan fingerprint density at radius 3 is 2.47 bits per heavy atom. The normalized spacial score (nSPS) is 10.1. The van der Waals surface area contributed by atoms with Gasteiger partial charge in [0, 0.05) is 5.56 Å². The number of nitrogens with zero attached hydrogens (tertiary/aromatic N) is 1. The molecule has 0 aliphatic rings. The van der Waals surface area contributed by atoms with Gasteiger partial charge in [-0.15, -0.1) is 0 Å². The summed E-state index contributed by atoms with van der Waals surface area (Å²) >= 11 is 0. The number of carbonyl (C=O) groups is 1. The number of nitriles is 1. The molecule has 5 heteroatoms. The summed E-state index contributed by atoms with van der Waals surface area (Å²) in [6, 6.07) is 2.83. The van der Waals surface area contributed by atoms with Crippen molar-refractivity contribution in [3.63, 3.8) is 0 Å². The first-order chi connectivity index (χ1) is 6.97. The third-order valence-electron chi connectivity index (χ3n) is 1.87. The van der Waals surface area contributed by atoms with Crippen molar-refractivity contribution in [2.75, 3.05) is 0 Å². The van der Waals surface area contributed by atoms with Gasteiger partial charge in [-0.25, -0.2) is 13.2 Å². The molecular formula is C10H6F3NO. The summed E-state index contributed by atoms with van der Waals surface area (Å²) in [5.41, 5.74) is -1.50. The van der Waals surface area contributed by atoms with Crippen molar-refractivity contribution in [3.05, 3.63) is 34.6 Å². The van der Waals surface area contributed by atoms with Crippen molar-refractivity contribution in [2.45, 2.75) is 13.3 Å². The highest BCUT2D eigenvalue weighted by Gasteiger charge is 2.18. The molecule has 0 fully saturated rings. The summed E-state index contributed by atoms with van der Waals surface area (Å²) in [5, 5.41) is 8.49. The van der Waals surface area contributed by atoms with Crippen LogP contribution >= 0.6 is 0 Å². The van der Waals surface area contributed by atoms with E-state index in [0.717, 1.165) is 13.0 Å². The van der Waals surface area contributed by atoms with Crippen molar-refractivity contribution < 1.29 is 18.0 Å². The van der Waals surface area contributed by atoms with Gasteiger partial charge in [-0.2, -0.15) is 5.26 Å². The lowest BCUT2D eigenvalue weighted by Gasteiger charge is -2.05. The SMILES string of the molecule is CC(=O)c1cc(C(F)F)c(C#N)cc1F. The van der Waals surface area contributed by atoms with Crippen LogP contribution in [0.25, 0.3) is 0 Å². The molecule has 1 rings (SSSR count). The maximum Gasteiger partial charge on any atom is 0.265 e. The number of hydrogen-bond acceptors (Lipinski definition) is 2. The number of ketones is 1. The summed E-state index contributed by atoms with van der Waals surface area (Å²) in [4.78, 5) is 10.9. The van der Waals surface area contributed by atoms with Crippen molar-refractivity contribution >= 4 is 5.78 Å². The standard InChI is InChI=1S/C10H6F3NO/c1-5(15)7-3-8(10(12)13)6(4-14)2-9(7)11/h2-3,10H,1H3. The van der Waals surface area contributed by atoms with Gasteiger partial charge in [0.2, 0.25) is 0 Å². The molecular weight excluding hydrogens is 207 g/mol. The predicted molar refractivity (Wildman–Crippen MR) is 46.1 cm³/mol. The molecule has 78 valence electrons. The maximum atomic E-state index is 13.1. The molecule has 2 nitrogen and oxygen atoms in total. The molecule has 0 saturated heterocycles. The van der Waals surface area contributed by atoms with Gasteiger partial charge in [0.1, 0.15) is 5.82 Å². The van der Waals surface area contributed by atoms with E-state index in [1.807, 2.05) is 0 Å². The van der Waals surface area contributed by atoms with Crippen LogP contribution in [-0.4, -0.2) is 5.78 Å². The highest BCUT2D eigenvalue weighted by atomic mass is 19.3. The number of benzene rings is 1. The Labute approximate surface area is 83.9 Å². The summed E-state index contributed by atoms with van der Waals surface area (Å²) in [5.74, 6) is -1.61. The Morgan fingerprint density at radius 2 is 2.07 bits per heavy atom. The topological polar surface area (TPSA) is 40.9 Å². The molecule has 1 aromatic carbocycles. The molecule has 15 heavy (non-hydrogen) atoms. The first-order valence-electron chi connectivity index (χ1n) is 4.00. The largest absolute Gasteiger partial charge is 0.294 e. The minimum absolute atomic E-state index is 0.427.